The van der Waals surface area contributed by atoms with Gasteiger partial charge in [-0.3, -0.25) is 4.90 Å². The van der Waals surface area contributed by atoms with Crippen molar-refractivity contribution in [2.45, 2.75) is 89.1 Å². The second-order valence-electron chi connectivity index (χ2n) is 17.3. The predicted molar refractivity (Wildman–Crippen MR) is 234 cm³/mol. The molecule has 0 bridgehead atoms. The molecule has 3 aliphatic heterocycles. The van der Waals surface area contributed by atoms with Crippen LogP contribution in [0, 0.1) is 17.7 Å². The van der Waals surface area contributed by atoms with E-state index in [0.717, 1.165) is 66.0 Å². The number of alkyl carbamates (subject to hydrolysis) is 1. The van der Waals surface area contributed by atoms with Crippen LogP contribution in [0.1, 0.15) is 82.3 Å². The molecular weight excluding hydrogens is 811 g/mol. The van der Waals surface area contributed by atoms with E-state index in [1.54, 1.807) is 18.2 Å². The molecule has 6 heterocycles. The number of allylic oxidation sites excluding steroid dienone is 2. The number of carbonyl (C=O) groups is 1. The second-order valence-corrected chi connectivity index (χ2v) is 17.3. The maximum atomic E-state index is 16.9. The van der Waals surface area contributed by atoms with Gasteiger partial charge in [0.1, 0.15) is 41.4 Å². The largest absolute Gasteiger partial charge is 0.494 e. The van der Waals surface area contributed by atoms with Crippen LogP contribution < -0.4 is 15.4 Å². The number of halogens is 2. The minimum absolute atomic E-state index is 0.0572. The van der Waals surface area contributed by atoms with Crippen molar-refractivity contribution < 1.29 is 37.6 Å². The number of alkyl halides is 1. The van der Waals surface area contributed by atoms with Gasteiger partial charge in [-0.2, -0.15) is 0 Å². The summed E-state index contributed by atoms with van der Waals surface area (Å²) >= 11 is 0. The molecule has 2 aromatic carbocycles. The summed E-state index contributed by atoms with van der Waals surface area (Å²) in [5, 5.41) is 18.6. The van der Waals surface area contributed by atoms with Crippen molar-refractivity contribution in [3.05, 3.63) is 90.2 Å². The number of hydrogen-bond acceptors (Lipinski definition) is 10. The Morgan fingerprint density at radius 3 is 2.62 bits per heavy atom. The highest BCUT2D eigenvalue weighted by atomic mass is 19.1. The smallest absolute Gasteiger partial charge is 0.407 e. The average Bonchev–Trinajstić information content (AvgIpc) is 4.14. The summed E-state index contributed by atoms with van der Waals surface area (Å²) in [6.45, 7) is 5.86. The van der Waals surface area contributed by atoms with Crippen molar-refractivity contribution >= 4 is 17.0 Å². The molecule has 334 valence electrons. The second kappa shape index (κ2) is 18.3. The number of nitrogens with zero attached hydrogens (tertiary/aromatic N) is 4. The van der Waals surface area contributed by atoms with Crippen LogP contribution in [-0.4, -0.2) is 99.6 Å². The zero-order valence-corrected chi connectivity index (χ0v) is 36.1. The van der Waals surface area contributed by atoms with Crippen molar-refractivity contribution in [3.8, 4) is 39.5 Å². The Labute approximate surface area is 365 Å². The van der Waals surface area contributed by atoms with Crippen molar-refractivity contribution in [1.29, 1.82) is 0 Å². The summed E-state index contributed by atoms with van der Waals surface area (Å²) in [5.74, 6) is 1.66. The number of aliphatic hydroxyl groups excluding tert-OH is 1. The van der Waals surface area contributed by atoms with Gasteiger partial charge in [0.2, 0.25) is 0 Å². The van der Waals surface area contributed by atoms with E-state index in [4.69, 9.17) is 23.9 Å². The van der Waals surface area contributed by atoms with Crippen LogP contribution in [0.15, 0.2) is 72.8 Å². The van der Waals surface area contributed by atoms with E-state index in [9.17, 15) is 9.90 Å². The lowest BCUT2D eigenvalue weighted by atomic mass is 9.95. The van der Waals surface area contributed by atoms with Crippen LogP contribution in [0.2, 0.25) is 0 Å². The van der Waals surface area contributed by atoms with Crippen LogP contribution in [0.5, 0.6) is 5.75 Å². The molecule has 1 amide bonds. The number of nitrogens with one attached hydrogen (secondary N) is 4. The number of carbonyl (C=O) groups excluding carboxylic acids is 1. The lowest BCUT2D eigenvalue weighted by molar-refractivity contribution is -0.0457. The van der Waals surface area contributed by atoms with Crippen molar-refractivity contribution in [2.75, 3.05) is 40.5 Å². The number of methoxy groups -OCH3 is 2. The van der Waals surface area contributed by atoms with Crippen LogP contribution >= 0.6 is 0 Å². The molecule has 2 fully saturated rings. The van der Waals surface area contributed by atoms with E-state index in [-0.39, 0.29) is 30.8 Å². The number of amides is 1. The highest BCUT2D eigenvalue weighted by Crippen LogP contribution is 2.49. The quantitative estimate of drug-likeness (QED) is 0.0648. The Kier molecular flexibility index (Phi) is 12.4. The first-order valence-electron chi connectivity index (χ1n) is 22.0. The van der Waals surface area contributed by atoms with Gasteiger partial charge in [0.25, 0.3) is 0 Å². The number of unbranched alkanes of at least 4 members (excludes halogenated alkanes) is 1. The highest BCUT2D eigenvalue weighted by Gasteiger charge is 2.43. The first-order valence-corrected chi connectivity index (χ1v) is 22.0. The zero-order chi connectivity index (χ0) is 43.8. The van der Waals surface area contributed by atoms with Crippen molar-refractivity contribution in [1.82, 2.24) is 40.0 Å². The number of likely N-dealkylation sites (tertiary alicyclic amines) is 1. The fourth-order valence-electron chi connectivity index (χ4n) is 9.51. The molecule has 7 atom stereocenters. The van der Waals surface area contributed by atoms with Crippen LogP contribution in [0.4, 0.5) is 13.6 Å². The zero-order valence-electron chi connectivity index (χ0n) is 36.1. The number of aliphatic hydroxyl groups is 1. The van der Waals surface area contributed by atoms with Gasteiger partial charge in [-0.15, -0.1) is 0 Å². The molecule has 9 rings (SSSR count). The van der Waals surface area contributed by atoms with E-state index in [0.29, 0.717) is 53.7 Å². The number of H-pyrrole nitrogens is 2. The van der Waals surface area contributed by atoms with Crippen molar-refractivity contribution in [3.63, 3.8) is 0 Å². The summed E-state index contributed by atoms with van der Waals surface area (Å²) < 4.78 is 57.2. The molecule has 63 heavy (non-hydrogen) atoms. The molecule has 5 N–H and O–H groups in total. The monoisotopic (exact) mass is 866 g/mol. The Morgan fingerprint density at radius 2 is 1.84 bits per heavy atom. The first-order chi connectivity index (χ1) is 30.6. The maximum absolute atomic E-state index is 16.9. The SMILES string of the molecule is COCCCCOC1=CC(C2Oc3cc(-c4cnc(C5CC(F)CN5C(O)C(NC(=O)OC)C(C)C)[nH]4)cc(F)c3-c3cc4cc(-c5cnc(C6CCCN6)[nH]5)ccc4n32)CC=C1. The summed E-state index contributed by atoms with van der Waals surface area (Å²) in [5.41, 5.74) is 4.83. The standard InChI is InChI=1S/C47H56F2N8O6/c1-26(2)42(55-47(59)61-4)45(58)56-25-31(48)22-39(56)44-52-24-36(54-44)29-19-33(49)41-38-20-30-17-27(35-23-51-43(53-35)34-11-8-14-50-34)12-13-37(30)57(38)46(63-40(41)21-29)28-9-7-10-32(18-28)62-16-6-5-15-60-3/h7,10,12-13,17-21,23-24,26,28,31,34,39,42,45-46,50,58H,5-6,8-9,11,14-16,22,25H2,1-4H3,(H,51,53)(H,52,54)(H,55,59). The van der Waals surface area contributed by atoms with Crippen molar-refractivity contribution in [2.24, 2.45) is 11.8 Å². The number of hydrogen-bond donors (Lipinski definition) is 5. The predicted octanol–water partition coefficient (Wildman–Crippen LogP) is 8.23. The number of ether oxygens (including phenoxy) is 4. The summed E-state index contributed by atoms with van der Waals surface area (Å²) in [4.78, 5) is 29.9. The number of aromatic nitrogens is 5. The van der Waals surface area contributed by atoms with Crippen LogP contribution in [0.3, 0.4) is 0 Å². The molecule has 14 nitrogen and oxygen atoms in total. The Morgan fingerprint density at radius 1 is 1.05 bits per heavy atom. The molecule has 3 aromatic heterocycles. The number of fused-ring (bicyclic) bond motifs is 5. The van der Waals surface area contributed by atoms with E-state index in [1.807, 2.05) is 38.3 Å². The van der Waals surface area contributed by atoms with Gasteiger partial charge in [0, 0.05) is 49.1 Å². The van der Waals surface area contributed by atoms with Gasteiger partial charge >= 0.3 is 6.09 Å². The van der Waals surface area contributed by atoms with E-state index < -0.39 is 42.6 Å². The lowest BCUT2D eigenvalue weighted by Crippen LogP contribution is -2.54. The molecule has 16 heteroatoms. The molecule has 5 aromatic rings. The molecule has 7 unspecified atom stereocenters. The molecular formula is C47H56F2N8O6. The molecule has 0 saturated carbocycles. The molecule has 4 aliphatic rings. The topological polar surface area (TPSA) is 164 Å². The molecule has 2 saturated heterocycles. The normalized spacial score (nSPS) is 23.0. The Bertz CT molecular complexity index is 2490. The molecule has 0 spiro atoms. The minimum Gasteiger partial charge on any atom is -0.494 e. The lowest BCUT2D eigenvalue weighted by Gasteiger charge is -2.35. The molecule has 1 aliphatic carbocycles. The Balaban J connectivity index is 1.05. The first kappa shape index (κ1) is 42.7. The van der Waals surface area contributed by atoms with Gasteiger partial charge in [-0.1, -0.05) is 26.0 Å². The maximum Gasteiger partial charge on any atom is 0.407 e. The van der Waals surface area contributed by atoms with Crippen LogP contribution in [0.25, 0.3) is 44.7 Å². The van der Waals surface area contributed by atoms with Gasteiger partial charge in [-0.05, 0) is 87.1 Å². The third kappa shape index (κ3) is 8.61. The van der Waals surface area contributed by atoms with Gasteiger partial charge in [0.15, 0.2) is 6.23 Å². The number of aromatic amines is 2. The van der Waals surface area contributed by atoms with E-state index in [1.165, 1.54) is 13.2 Å². The number of imidazole rings is 2. The van der Waals surface area contributed by atoms with Gasteiger partial charge in [-0.25, -0.2) is 23.5 Å². The number of rotatable bonds is 15. The third-order valence-electron chi connectivity index (χ3n) is 12.8. The third-order valence-corrected chi connectivity index (χ3v) is 12.8. The van der Waals surface area contributed by atoms with Gasteiger partial charge in [0.05, 0.1) is 72.4 Å². The van der Waals surface area contributed by atoms with Gasteiger partial charge < -0.3 is 49.2 Å². The van der Waals surface area contributed by atoms with Crippen LogP contribution in [-0.2, 0) is 14.2 Å². The van der Waals surface area contributed by atoms with E-state index >= 15 is 8.78 Å². The molecule has 0 radical (unpaired) electrons. The highest BCUT2D eigenvalue weighted by molar-refractivity contribution is 5.92. The summed E-state index contributed by atoms with van der Waals surface area (Å²) in [7, 11) is 2.94. The summed E-state index contributed by atoms with van der Waals surface area (Å²) in [6.07, 6.45) is 10.6. The fraction of sp³-hybridized carbons (Fsp3) is 0.468. The average molecular weight is 867 g/mol. The summed E-state index contributed by atoms with van der Waals surface area (Å²) in [6, 6.07) is 10.4. The fourth-order valence-corrected chi connectivity index (χ4v) is 9.51. The Hall–Kier alpha value is -5.55. The minimum atomic E-state index is -1.24. The number of benzene rings is 2. The van der Waals surface area contributed by atoms with E-state index in [2.05, 4.69) is 60.5 Å².